The maximum atomic E-state index is 4.92. The molecule has 0 fully saturated rings. The van der Waals surface area contributed by atoms with Crippen LogP contribution in [0.5, 0.6) is 0 Å². The number of fused-ring (bicyclic) bond motifs is 3. The van der Waals surface area contributed by atoms with Gasteiger partial charge in [-0.1, -0.05) is 76.6 Å². The molecule has 32 heavy (non-hydrogen) atoms. The number of benzene rings is 3. The Morgan fingerprint density at radius 1 is 0.875 bits per heavy atom. The van der Waals surface area contributed by atoms with Crippen molar-refractivity contribution in [2.24, 2.45) is 0 Å². The van der Waals surface area contributed by atoms with E-state index in [1.54, 1.807) is 11.3 Å². The maximum absolute atomic E-state index is 4.92. The highest BCUT2D eigenvalue weighted by molar-refractivity contribution is 9.10. The van der Waals surface area contributed by atoms with Crippen LogP contribution in [-0.4, -0.2) is 15.0 Å². The lowest BCUT2D eigenvalue weighted by atomic mass is 10.1. The van der Waals surface area contributed by atoms with Crippen molar-refractivity contribution in [3.63, 3.8) is 0 Å². The van der Waals surface area contributed by atoms with Gasteiger partial charge >= 0.3 is 0 Å². The molecule has 2 aromatic heterocycles. The molecule has 5 heteroatoms. The summed E-state index contributed by atoms with van der Waals surface area (Å²) < 4.78 is 3.53. The Morgan fingerprint density at radius 2 is 1.69 bits per heavy atom. The Balaban J connectivity index is 1.80. The monoisotopic (exact) mass is 497 g/mol. The van der Waals surface area contributed by atoms with Gasteiger partial charge in [0.05, 0.1) is 0 Å². The molecule has 0 amide bonds. The summed E-state index contributed by atoms with van der Waals surface area (Å²) in [6.45, 7) is 4.03. The Kier molecular flexibility index (Phi) is 5.68. The zero-order valence-corrected chi connectivity index (χ0v) is 20.1. The van der Waals surface area contributed by atoms with E-state index in [2.05, 4.69) is 52.3 Å². The molecule has 156 valence electrons. The van der Waals surface area contributed by atoms with E-state index in [0.29, 0.717) is 17.5 Å². The van der Waals surface area contributed by atoms with Gasteiger partial charge in [0.1, 0.15) is 0 Å². The van der Waals surface area contributed by atoms with E-state index in [4.69, 9.17) is 15.0 Å². The third kappa shape index (κ3) is 3.90. The number of hydrogen-bond donors (Lipinski definition) is 0. The van der Waals surface area contributed by atoms with Crippen LogP contribution in [0, 0.1) is 0 Å². The van der Waals surface area contributed by atoms with Gasteiger partial charge in [0.15, 0.2) is 17.5 Å². The van der Waals surface area contributed by atoms with E-state index in [0.717, 1.165) is 21.2 Å². The first-order valence-electron chi connectivity index (χ1n) is 10.4. The SMILES string of the molecule is C/C=C\C=C(/C)c1nc(-c2ccccc2)nc(-c2cccc3sc4ccc(Br)cc4c23)n1. The van der Waals surface area contributed by atoms with Gasteiger partial charge in [0.2, 0.25) is 0 Å². The number of rotatable bonds is 4. The van der Waals surface area contributed by atoms with Crippen LogP contribution < -0.4 is 0 Å². The minimum absolute atomic E-state index is 0.677. The first-order chi connectivity index (χ1) is 15.6. The van der Waals surface area contributed by atoms with Crippen molar-refractivity contribution in [2.45, 2.75) is 13.8 Å². The standard InChI is InChI=1S/C27H20BrN3S/c1-3-4-9-17(2)25-29-26(18-10-6-5-7-11-18)31-27(30-25)20-12-8-13-23-24(20)21-16-19(28)14-15-22(21)32-23/h3-16H,1-2H3/b4-3-,17-9+. The van der Waals surface area contributed by atoms with Gasteiger partial charge in [0.25, 0.3) is 0 Å². The molecule has 3 aromatic carbocycles. The Labute approximate surface area is 199 Å². The Morgan fingerprint density at radius 3 is 2.50 bits per heavy atom. The average Bonchev–Trinajstić information content (AvgIpc) is 3.20. The molecule has 0 aliphatic heterocycles. The van der Waals surface area contributed by atoms with Gasteiger partial charge in [-0.05, 0) is 43.7 Å². The van der Waals surface area contributed by atoms with Gasteiger partial charge in [0, 0.05) is 35.8 Å². The van der Waals surface area contributed by atoms with Crippen LogP contribution in [0.4, 0.5) is 0 Å². The predicted octanol–water partition coefficient (Wildman–Crippen LogP) is 8.32. The second-order valence-corrected chi connectivity index (χ2v) is 9.47. The van der Waals surface area contributed by atoms with E-state index in [1.807, 2.05) is 62.4 Å². The van der Waals surface area contributed by atoms with Crippen molar-refractivity contribution >= 4 is 53.0 Å². The molecule has 2 heterocycles. The second kappa shape index (κ2) is 8.77. The van der Waals surface area contributed by atoms with E-state index in [1.165, 1.54) is 20.2 Å². The minimum atomic E-state index is 0.677. The summed E-state index contributed by atoms with van der Waals surface area (Å²) in [7, 11) is 0. The number of nitrogens with zero attached hydrogens (tertiary/aromatic N) is 3. The molecule has 5 rings (SSSR count). The van der Waals surface area contributed by atoms with Crippen LogP contribution in [0.2, 0.25) is 0 Å². The van der Waals surface area contributed by atoms with E-state index >= 15 is 0 Å². The van der Waals surface area contributed by atoms with Crippen molar-refractivity contribution in [1.82, 2.24) is 15.0 Å². The average molecular weight is 498 g/mol. The summed E-state index contributed by atoms with van der Waals surface area (Å²) >= 11 is 5.42. The largest absolute Gasteiger partial charge is 0.209 e. The van der Waals surface area contributed by atoms with Crippen molar-refractivity contribution in [1.29, 1.82) is 0 Å². The zero-order chi connectivity index (χ0) is 22.1. The summed E-state index contributed by atoms with van der Waals surface area (Å²) in [5, 5.41) is 2.39. The summed E-state index contributed by atoms with van der Waals surface area (Å²) in [4.78, 5) is 14.6. The molecule has 0 saturated heterocycles. The van der Waals surface area contributed by atoms with Gasteiger partial charge in [-0.15, -0.1) is 11.3 Å². The smallest absolute Gasteiger partial charge is 0.164 e. The predicted molar refractivity (Wildman–Crippen MR) is 140 cm³/mol. The lowest BCUT2D eigenvalue weighted by Crippen LogP contribution is -2.02. The van der Waals surface area contributed by atoms with Crippen LogP contribution in [-0.2, 0) is 0 Å². The normalized spacial score (nSPS) is 12.3. The number of halogens is 1. The molecule has 5 aromatic rings. The third-order valence-electron chi connectivity index (χ3n) is 5.26. The number of hydrogen-bond acceptors (Lipinski definition) is 4. The molecule has 0 aliphatic rings. The molecule has 0 unspecified atom stereocenters. The summed E-state index contributed by atoms with van der Waals surface area (Å²) in [5.41, 5.74) is 2.99. The van der Waals surface area contributed by atoms with Gasteiger partial charge in [-0.3, -0.25) is 0 Å². The van der Waals surface area contributed by atoms with Crippen LogP contribution in [0.15, 0.2) is 89.4 Å². The lowest BCUT2D eigenvalue weighted by molar-refractivity contribution is 1.03. The highest BCUT2D eigenvalue weighted by Crippen LogP contribution is 2.40. The number of thiophene rings is 1. The first kappa shape index (κ1) is 20.7. The lowest BCUT2D eigenvalue weighted by Gasteiger charge is -2.09. The van der Waals surface area contributed by atoms with E-state index < -0.39 is 0 Å². The van der Waals surface area contributed by atoms with E-state index in [-0.39, 0.29) is 0 Å². The topological polar surface area (TPSA) is 38.7 Å². The Hall–Kier alpha value is -3.15. The molecule has 0 radical (unpaired) electrons. The molecular weight excluding hydrogens is 478 g/mol. The summed E-state index contributed by atoms with van der Waals surface area (Å²) in [6, 6.07) is 22.8. The Bertz CT molecular complexity index is 1500. The van der Waals surface area contributed by atoms with Crippen LogP contribution in [0.3, 0.4) is 0 Å². The van der Waals surface area contributed by atoms with Crippen molar-refractivity contribution in [3.05, 3.63) is 95.3 Å². The molecule has 0 saturated carbocycles. The highest BCUT2D eigenvalue weighted by Gasteiger charge is 2.16. The van der Waals surface area contributed by atoms with Gasteiger partial charge in [-0.2, -0.15) is 0 Å². The molecule has 0 bridgehead atoms. The molecule has 0 atom stereocenters. The maximum Gasteiger partial charge on any atom is 0.164 e. The zero-order valence-electron chi connectivity index (χ0n) is 17.7. The fourth-order valence-electron chi connectivity index (χ4n) is 3.69. The van der Waals surface area contributed by atoms with Crippen molar-refractivity contribution in [2.75, 3.05) is 0 Å². The molecular formula is C27H20BrN3S. The summed E-state index contributed by atoms with van der Waals surface area (Å²) in [6.07, 6.45) is 6.04. The number of allylic oxidation sites excluding steroid dienone is 4. The minimum Gasteiger partial charge on any atom is -0.209 e. The van der Waals surface area contributed by atoms with Gasteiger partial charge in [-0.25, -0.2) is 15.0 Å². The van der Waals surface area contributed by atoms with Crippen LogP contribution in [0.25, 0.3) is 48.5 Å². The summed E-state index contributed by atoms with van der Waals surface area (Å²) in [5.74, 6) is 2.05. The highest BCUT2D eigenvalue weighted by atomic mass is 79.9. The van der Waals surface area contributed by atoms with Crippen LogP contribution >= 0.6 is 27.3 Å². The molecule has 3 nitrogen and oxygen atoms in total. The quantitative estimate of drug-likeness (QED) is 0.234. The van der Waals surface area contributed by atoms with Crippen molar-refractivity contribution < 1.29 is 0 Å². The third-order valence-corrected chi connectivity index (χ3v) is 6.89. The van der Waals surface area contributed by atoms with Crippen LogP contribution in [0.1, 0.15) is 19.7 Å². The fourth-order valence-corrected chi connectivity index (χ4v) is 5.16. The molecule has 0 aliphatic carbocycles. The van der Waals surface area contributed by atoms with E-state index in [9.17, 15) is 0 Å². The fraction of sp³-hybridized carbons (Fsp3) is 0.0741. The number of aromatic nitrogens is 3. The molecule has 0 spiro atoms. The molecule has 0 N–H and O–H groups in total. The van der Waals surface area contributed by atoms with Gasteiger partial charge < -0.3 is 0 Å². The second-order valence-electron chi connectivity index (χ2n) is 7.47. The first-order valence-corrected chi connectivity index (χ1v) is 12.0. The van der Waals surface area contributed by atoms with Crippen molar-refractivity contribution in [3.8, 4) is 22.8 Å².